The van der Waals surface area contributed by atoms with E-state index in [1.165, 1.54) is 33.7 Å². The van der Waals surface area contributed by atoms with Crippen molar-refractivity contribution in [2.75, 3.05) is 19.5 Å². The summed E-state index contributed by atoms with van der Waals surface area (Å²) in [5.41, 5.74) is 2.06. The van der Waals surface area contributed by atoms with Gasteiger partial charge in [-0.3, -0.25) is 10.1 Å². The average molecular weight is 464 g/mol. The minimum absolute atomic E-state index is 0.276. The summed E-state index contributed by atoms with van der Waals surface area (Å²) in [4.78, 5) is 12.3. The van der Waals surface area contributed by atoms with E-state index in [0.29, 0.717) is 16.6 Å². The third kappa shape index (κ3) is 5.27. The lowest BCUT2D eigenvalue weighted by molar-refractivity contribution is -0.111. The van der Waals surface area contributed by atoms with Gasteiger partial charge in [0.05, 0.1) is 14.2 Å². The molecule has 1 heterocycles. The molecule has 1 amide bonds. The number of hydrogen-bond donors (Lipinski definition) is 1. The Hall–Kier alpha value is -3.36. The molecule has 4 rings (SSSR count). The van der Waals surface area contributed by atoms with Crippen LogP contribution >= 0.6 is 23.1 Å². The van der Waals surface area contributed by atoms with Crippen LogP contribution < -0.4 is 14.8 Å². The maximum atomic E-state index is 12.3. The third-order valence-corrected chi connectivity index (χ3v) is 6.72. The van der Waals surface area contributed by atoms with E-state index in [9.17, 15) is 4.79 Å². The fourth-order valence-electron chi connectivity index (χ4n) is 3.15. The number of nitrogens with zero attached hydrogens (tertiary/aromatic N) is 2. The van der Waals surface area contributed by atoms with Crippen molar-refractivity contribution in [3.8, 4) is 11.5 Å². The lowest BCUT2D eigenvalue weighted by atomic mass is 10.1. The molecule has 0 unspecified atom stereocenters. The minimum atomic E-state index is -0.276. The van der Waals surface area contributed by atoms with Gasteiger partial charge in [0.1, 0.15) is 0 Å². The number of nitrogens with one attached hydrogen (secondary N) is 1. The van der Waals surface area contributed by atoms with E-state index in [4.69, 9.17) is 9.47 Å². The van der Waals surface area contributed by atoms with Crippen LogP contribution in [0.2, 0.25) is 0 Å². The fourth-order valence-corrected chi connectivity index (χ4v) is 4.91. The quantitative estimate of drug-likeness (QED) is 0.207. The lowest BCUT2D eigenvalue weighted by Crippen LogP contribution is -2.07. The van der Waals surface area contributed by atoms with Gasteiger partial charge in [-0.15, -0.1) is 10.2 Å². The fraction of sp³-hybridized carbons (Fsp3) is 0.125. The average Bonchev–Trinajstić information content (AvgIpc) is 3.28. The van der Waals surface area contributed by atoms with E-state index in [1.807, 2.05) is 18.2 Å². The van der Waals surface area contributed by atoms with Crippen LogP contribution in [0.5, 0.6) is 11.5 Å². The molecule has 0 aliphatic carbocycles. The second kappa shape index (κ2) is 10.3. The van der Waals surface area contributed by atoms with Crippen molar-refractivity contribution in [1.82, 2.24) is 10.2 Å². The molecule has 0 atom stereocenters. The molecule has 162 valence electrons. The molecule has 0 spiro atoms. The molecule has 4 aromatic rings. The summed E-state index contributed by atoms with van der Waals surface area (Å²) in [6.07, 6.45) is 3.15. The van der Waals surface area contributed by atoms with Crippen LogP contribution in [0, 0.1) is 0 Å². The second-order valence-electron chi connectivity index (χ2n) is 6.74. The molecule has 1 aromatic heterocycles. The topological polar surface area (TPSA) is 73.3 Å². The smallest absolute Gasteiger partial charge is 0.250 e. The van der Waals surface area contributed by atoms with E-state index < -0.39 is 0 Å². The van der Waals surface area contributed by atoms with Gasteiger partial charge in [0.25, 0.3) is 0 Å². The van der Waals surface area contributed by atoms with Gasteiger partial charge in [0.15, 0.2) is 15.8 Å². The number of fused-ring (bicyclic) bond motifs is 1. The monoisotopic (exact) mass is 463 g/mol. The number of carbonyl (C=O) groups is 1. The van der Waals surface area contributed by atoms with Crippen LogP contribution in [-0.4, -0.2) is 30.3 Å². The number of rotatable bonds is 8. The van der Waals surface area contributed by atoms with Crippen molar-refractivity contribution in [3.05, 3.63) is 77.9 Å². The van der Waals surface area contributed by atoms with Crippen molar-refractivity contribution < 1.29 is 14.3 Å². The van der Waals surface area contributed by atoms with E-state index in [0.717, 1.165) is 15.7 Å². The van der Waals surface area contributed by atoms with Crippen molar-refractivity contribution in [3.63, 3.8) is 0 Å². The van der Waals surface area contributed by atoms with Gasteiger partial charge in [0.2, 0.25) is 11.0 Å². The summed E-state index contributed by atoms with van der Waals surface area (Å²) in [5.74, 6) is 1.74. The highest BCUT2D eigenvalue weighted by atomic mass is 32.2. The number of aromatic nitrogens is 2. The Balaban J connectivity index is 1.35. The molecule has 0 bridgehead atoms. The van der Waals surface area contributed by atoms with Gasteiger partial charge in [-0.25, -0.2) is 0 Å². The Morgan fingerprint density at radius 2 is 1.84 bits per heavy atom. The zero-order valence-corrected chi connectivity index (χ0v) is 19.2. The molecule has 0 saturated carbocycles. The van der Waals surface area contributed by atoms with Crippen LogP contribution in [0.4, 0.5) is 5.13 Å². The zero-order chi connectivity index (χ0) is 22.3. The Morgan fingerprint density at radius 1 is 1.03 bits per heavy atom. The van der Waals surface area contributed by atoms with Crippen molar-refractivity contribution in [1.29, 1.82) is 0 Å². The van der Waals surface area contributed by atoms with Crippen LogP contribution in [0.25, 0.3) is 16.8 Å². The number of methoxy groups -OCH3 is 2. The molecule has 3 aromatic carbocycles. The van der Waals surface area contributed by atoms with Crippen molar-refractivity contribution >= 4 is 51.0 Å². The van der Waals surface area contributed by atoms with Crippen LogP contribution in [0.15, 0.2) is 71.1 Å². The van der Waals surface area contributed by atoms with E-state index in [-0.39, 0.29) is 5.91 Å². The summed E-state index contributed by atoms with van der Waals surface area (Å²) in [7, 11) is 3.15. The summed E-state index contributed by atoms with van der Waals surface area (Å²) in [6, 6.07) is 20.1. The molecule has 0 fully saturated rings. The van der Waals surface area contributed by atoms with Gasteiger partial charge in [0, 0.05) is 11.8 Å². The van der Waals surface area contributed by atoms with Gasteiger partial charge in [-0.1, -0.05) is 71.6 Å². The predicted molar refractivity (Wildman–Crippen MR) is 131 cm³/mol. The van der Waals surface area contributed by atoms with Crippen LogP contribution in [-0.2, 0) is 10.5 Å². The summed E-state index contributed by atoms with van der Waals surface area (Å²) < 4.78 is 11.3. The first kappa shape index (κ1) is 21.9. The number of thioether (sulfide) groups is 1. The van der Waals surface area contributed by atoms with Gasteiger partial charge >= 0.3 is 0 Å². The first-order chi connectivity index (χ1) is 15.7. The molecule has 0 aliphatic heterocycles. The summed E-state index contributed by atoms with van der Waals surface area (Å²) >= 11 is 2.96. The standard InChI is InChI=1S/C24H21N3O3S2/c1-29-20-12-10-16(14-21(20)30-2)11-13-22(28)25-23-26-27-24(32-23)31-15-18-8-5-7-17-6-3-4-9-19(17)18/h3-14H,15H2,1-2H3,(H,25,26,28)/b13-11+. The second-order valence-corrected chi connectivity index (χ2v) is 8.94. The van der Waals surface area contributed by atoms with Crippen LogP contribution in [0.1, 0.15) is 11.1 Å². The van der Waals surface area contributed by atoms with Crippen LogP contribution in [0.3, 0.4) is 0 Å². The molecule has 6 nitrogen and oxygen atoms in total. The van der Waals surface area contributed by atoms with E-state index in [1.54, 1.807) is 44.2 Å². The summed E-state index contributed by atoms with van der Waals surface area (Å²) in [5, 5.41) is 14.0. The first-order valence-corrected chi connectivity index (χ1v) is 11.6. The lowest BCUT2D eigenvalue weighted by Gasteiger charge is -2.07. The molecular weight excluding hydrogens is 442 g/mol. The number of anilines is 1. The predicted octanol–water partition coefficient (Wildman–Crippen LogP) is 5.65. The van der Waals surface area contributed by atoms with Gasteiger partial charge in [-0.2, -0.15) is 0 Å². The number of amides is 1. The third-order valence-electron chi connectivity index (χ3n) is 4.70. The van der Waals surface area contributed by atoms with E-state index >= 15 is 0 Å². The molecule has 1 N–H and O–H groups in total. The molecule has 0 saturated heterocycles. The number of benzene rings is 3. The van der Waals surface area contributed by atoms with Gasteiger partial charge in [-0.05, 0) is 40.1 Å². The molecule has 0 aliphatic rings. The number of hydrogen-bond acceptors (Lipinski definition) is 7. The Kier molecular flexibility index (Phi) is 7.03. The zero-order valence-electron chi connectivity index (χ0n) is 17.6. The largest absolute Gasteiger partial charge is 0.493 e. The molecule has 8 heteroatoms. The molecule has 32 heavy (non-hydrogen) atoms. The normalized spacial score (nSPS) is 11.1. The first-order valence-electron chi connectivity index (χ1n) is 9.80. The highest BCUT2D eigenvalue weighted by molar-refractivity contribution is 8.00. The number of ether oxygens (including phenoxy) is 2. The maximum Gasteiger partial charge on any atom is 0.250 e. The summed E-state index contributed by atoms with van der Waals surface area (Å²) in [6.45, 7) is 0. The molecule has 0 radical (unpaired) electrons. The SMILES string of the molecule is COc1ccc(/C=C/C(=O)Nc2nnc(SCc3cccc4ccccc34)s2)cc1OC. The highest BCUT2D eigenvalue weighted by Gasteiger charge is 2.09. The minimum Gasteiger partial charge on any atom is -0.493 e. The Bertz CT molecular complexity index is 1270. The van der Waals surface area contributed by atoms with E-state index in [2.05, 4.69) is 45.8 Å². The van der Waals surface area contributed by atoms with Crippen molar-refractivity contribution in [2.24, 2.45) is 0 Å². The van der Waals surface area contributed by atoms with Gasteiger partial charge < -0.3 is 9.47 Å². The Morgan fingerprint density at radius 3 is 2.69 bits per heavy atom. The Labute approximate surface area is 194 Å². The number of carbonyl (C=O) groups excluding carboxylic acids is 1. The van der Waals surface area contributed by atoms with Crippen molar-refractivity contribution in [2.45, 2.75) is 10.1 Å². The molecular formula is C24H21N3O3S2. The highest BCUT2D eigenvalue weighted by Crippen LogP contribution is 2.31. The maximum absolute atomic E-state index is 12.3.